The van der Waals surface area contributed by atoms with E-state index in [-0.39, 0.29) is 12.8 Å². The number of aliphatic hydroxyl groups excluding tert-OH is 7. The van der Waals surface area contributed by atoms with Crippen molar-refractivity contribution in [1.29, 1.82) is 0 Å². The molecule has 0 spiro atoms. The van der Waals surface area contributed by atoms with Gasteiger partial charge in [0.25, 0.3) is 0 Å². The summed E-state index contributed by atoms with van der Waals surface area (Å²) >= 11 is 0. The first-order chi connectivity index (χ1) is 24.7. The minimum atomic E-state index is -1.67. The Morgan fingerprint density at radius 2 is 1.18 bits per heavy atom. The molecule has 9 atom stereocenters. The Labute approximate surface area is 308 Å². The molecule has 0 bridgehead atoms. The quantitative estimate of drug-likeness (QED) is 0.0342. The van der Waals surface area contributed by atoms with E-state index in [0.29, 0.717) is 19.3 Å². The van der Waals surface area contributed by atoms with Gasteiger partial charge in [0.2, 0.25) is 5.91 Å². The van der Waals surface area contributed by atoms with Gasteiger partial charge in [-0.05, 0) is 51.4 Å². The first-order valence-electron chi connectivity index (χ1n) is 20.2. The molecule has 1 heterocycles. The summed E-state index contributed by atoms with van der Waals surface area (Å²) in [5.74, 6) is -0.717. The molecule has 0 aromatic carbocycles. The van der Waals surface area contributed by atoms with E-state index in [1.807, 2.05) is 0 Å². The van der Waals surface area contributed by atoms with Crippen LogP contribution < -0.4 is 5.32 Å². The predicted octanol–water partition coefficient (Wildman–Crippen LogP) is 5.10. The molecule has 51 heavy (non-hydrogen) atoms. The number of unbranched alkanes of at least 4 members (excludes halogenated alkanes) is 16. The van der Waals surface area contributed by atoms with Crippen LogP contribution in [0.4, 0.5) is 0 Å². The van der Waals surface area contributed by atoms with Gasteiger partial charge in [0.15, 0.2) is 6.29 Å². The van der Waals surface area contributed by atoms with Crippen molar-refractivity contribution in [2.75, 3.05) is 13.2 Å². The normalized spacial score (nSPS) is 23.5. The van der Waals surface area contributed by atoms with Gasteiger partial charge < -0.3 is 50.5 Å². The zero-order valence-electron chi connectivity index (χ0n) is 31.8. The first kappa shape index (κ1) is 47.6. The molecule has 1 aliphatic rings. The van der Waals surface area contributed by atoms with E-state index < -0.39 is 74.2 Å². The molecule has 0 radical (unpaired) electrons. The van der Waals surface area contributed by atoms with Crippen LogP contribution in [-0.2, 0) is 14.3 Å². The number of rotatable bonds is 32. The first-order valence-corrected chi connectivity index (χ1v) is 20.2. The van der Waals surface area contributed by atoms with Crippen LogP contribution in [0.3, 0.4) is 0 Å². The highest BCUT2D eigenvalue weighted by molar-refractivity contribution is 5.80. The summed E-state index contributed by atoms with van der Waals surface area (Å²) in [6.07, 6.45) is 19.7. The summed E-state index contributed by atoms with van der Waals surface area (Å²) in [5.41, 5.74) is 0. The van der Waals surface area contributed by atoms with Gasteiger partial charge in [0, 0.05) is 0 Å². The van der Waals surface area contributed by atoms with Crippen molar-refractivity contribution in [3.8, 4) is 0 Å². The molecular weight excluding hydrogens is 654 g/mol. The molecule has 0 aromatic rings. The van der Waals surface area contributed by atoms with E-state index in [9.17, 15) is 40.5 Å². The highest BCUT2D eigenvalue weighted by atomic mass is 16.7. The number of carbonyl (C=O) groups excluding carboxylic acids is 1. The predicted molar refractivity (Wildman–Crippen MR) is 201 cm³/mol. The average molecular weight is 730 g/mol. The number of hydrogen-bond donors (Lipinski definition) is 8. The molecule has 8 N–H and O–H groups in total. The lowest BCUT2D eigenvalue weighted by molar-refractivity contribution is -0.303. The van der Waals surface area contributed by atoms with E-state index in [1.165, 1.54) is 70.6 Å². The van der Waals surface area contributed by atoms with Crippen LogP contribution in [0.1, 0.15) is 155 Å². The number of nitrogens with one attached hydrogen (secondary N) is 1. The summed E-state index contributed by atoms with van der Waals surface area (Å²) in [6, 6.07) is -1.18. The molecule has 9 unspecified atom stereocenters. The van der Waals surface area contributed by atoms with E-state index in [1.54, 1.807) is 0 Å². The van der Waals surface area contributed by atoms with Crippen molar-refractivity contribution in [3.05, 3.63) is 24.3 Å². The molecule has 1 aliphatic heterocycles. The lowest BCUT2D eigenvalue weighted by Gasteiger charge is -2.40. The highest BCUT2D eigenvalue weighted by Crippen LogP contribution is 2.23. The van der Waals surface area contributed by atoms with Crippen molar-refractivity contribution in [3.63, 3.8) is 0 Å². The molecule has 1 rings (SSSR count). The maximum absolute atomic E-state index is 12.9. The van der Waals surface area contributed by atoms with Crippen LogP contribution in [0.15, 0.2) is 24.3 Å². The van der Waals surface area contributed by atoms with Gasteiger partial charge >= 0.3 is 0 Å². The fourth-order valence-electron chi connectivity index (χ4n) is 6.28. The summed E-state index contributed by atoms with van der Waals surface area (Å²) in [7, 11) is 0. The Kier molecular flexibility index (Phi) is 28.9. The number of amides is 1. The van der Waals surface area contributed by atoms with E-state index >= 15 is 0 Å². The van der Waals surface area contributed by atoms with Crippen LogP contribution in [0.5, 0.6) is 0 Å². The van der Waals surface area contributed by atoms with Crippen molar-refractivity contribution < 1.29 is 50.0 Å². The maximum atomic E-state index is 12.9. The molecule has 300 valence electrons. The van der Waals surface area contributed by atoms with Crippen molar-refractivity contribution >= 4 is 5.91 Å². The average Bonchev–Trinajstić information content (AvgIpc) is 3.13. The molecular formula is C40H75NO10. The zero-order chi connectivity index (χ0) is 37.7. The van der Waals surface area contributed by atoms with Gasteiger partial charge in [0.05, 0.1) is 25.4 Å². The van der Waals surface area contributed by atoms with Gasteiger partial charge in [-0.2, -0.15) is 0 Å². The van der Waals surface area contributed by atoms with Crippen LogP contribution >= 0.6 is 0 Å². The van der Waals surface area contributed by atoms with E-state index in [2.05, 4.69) is 43.5 Å². The van der Waals surface area contributed by atoms with Crippen molar-refractivity contribution in [1.82, 2.24) is 5.32 Å². The molecule has 0 aromatic heterocycles. The fourth-order valence-corrected chi connectivity index (χ4v) is 6.28. The van der Waals surface area contributed by atoms with Crippen LogP contribution in [0, 0.1) is 0 Å². The monoisotopic (exact) mass is 730 g/mol. The lowest BCUT2D eigenvalue weighted by Crippen LogP contribution is -2.60. The minimum absolute atomic E-state index is 0.247. The van der Waals surface area contributed by atoms with Gasteiger partial charge in [0.1, 0.15) is 36.6 Å². The smallest absolute Gasteiger partial charge is 0.249 e. The molecule has 1 saturated heterocycles. The van der Waals surface area contributed by atoms with Crippen LogP contribution in [0.25, 0.3) is 0 Å². The topological polar surface area (TPSA) is 189 Å². The zero-order valence-corrected chi connectivity index (χ0v) is 31.8. The Morgan fingerprint density at radius 1 is 0.667 bits per heavy atom. The second kappa shape index (κ2) is 31.0. The summed E-state index contributed by atoms with van der Waals surface area (Å²) in [4.78, 5) is 12.9. The van der Waals surface area contributed by atoms with Gasteiger partial charge in [-0.25, -0.2) is 0 Å². The van der Waals surface area contributed by atoms with Gasteiger partial charge in [-0.1, -0.05) is 128 Å². The summed E-state index contributed by atoms with van der Waals surface area (Å²) < 4.78 is 11.0. The standard InChI is InChI=1S/C40H75NO10/c1-3-5-7-9-11-13-14-15-16-17-18-19-20-22-23-25-27-32(43)35(45)31(30-50-40-38(48)37(47)36(46)34(29-42)51-40)41-39(49)33(44)28-26-24-21-12-10-8-6-4-2/h16-17,20,22,31-38,40,42-48H,3-15,18-19,21,23-30H2,1-2H3,(H,41,49)/b17-16+,22-20+. The Hall–Kier alpha value is -1.41. The second-order valence-electron chi connectivity index (χ2n) is 14.3. The van der Waals surface area contributed by atoms with Crippen molar-refractivity contribution in [2.24, 2.45) is 0 Å². The molecule has 11 heteroatoms. The second-order valence-corrected chi connectivity index (χ2v) is 14.3. The minimum Gasteiger partial charge on any atom is -0.394 e. The van der Waals surface area contributed by atoms with Crippen LogP contribution in [0.2, 0.25) is 0 Å². The number of hydrogen-bond acceptors (Lipinski definition) is 10. The fraction of sp³-hybridized carbons (Fsp3) is 0.875. The third-order valence-electron chi connectivity index (χ3n) is 9.73. The number of carbonyl (C=O) groups is 1. The van der Waals surface area contributed by atoms with Crippen molar-refractivity contribution in [2.45, 2.75) is 210 Å². The number of aliphatic hydroxyl groups is 7. The molecule has 0 aliphatic carbocycles. The SMILES string of the molecule is CCCCCCCCC/C=C/CC/C=C/CCCC(O)C(O)C(COC1OC(CO)C(O)C(O)C1O)NC(=O)C(O)CCCCCCCCCC. The Morgan fingerprint density at radius 3 is 1.75 bits per heavy atom. The number of allylic oxidation sites excluding steroid dienone is 4. The number of ether oxygens (including phenoxy) is 2. The molecule has 1 fully saturated rings. The molecule has 11 nitrogen and oxygen atoms in total. The van der Waals surface area contributed by atoms with E-state index in [0.717, 1.165) is 38.5 Å². The van der Waals surface area contributed by atoms with Gasteiger partial charge in [-0.15, -0.1) is 0 Å². The highest BCUT2D eigenvalue weighted by Gasteiger charge is 2.44. The third kappa shape index (κ3) is 21.8. The Balaban J connectivity index is 2.56. The Bertz CT molecular complexity index is 887. The summed E-state index contributed by atoms with van der Waals surface area (Å²) in [5, 5.41) is 75.1. The largest absolute Gasteiger partial charge is 0.394 e. The third-order valence-corrected chi connectivity index (χ3v) is 9.73. The lowest BCUT2D eigenvalue weighted by atomic mass is 9.98. The molecule has 0 saturated carbocycles. The molecule has 1 amide bonds. The maximum Gasteiger partial charge on any atom is 0.249 e. The summed E-state index contributed by atoms with van der Waals surface area (Å²) in [6.45, 7) is 3.34. The van der Waals surface area contributed by atoms with Crippen LogP contribution in [-0.4, -0.2) is 110 Å². The van der Waals surface area contributed by atoms with Gasteiger partial charge in [-0.3, -0.25) is 4.79 Å². The van der Waals surface area contributed by atoms with E-state index in [4.69, 9.17) is 9.47 Å².